The van der Waals surface area contributed by atoms with E-state index in [4.69, 9.17) is 14.2 Å². The molecule has 6 rings (SSSR count). The van der Waals surface area contributed by atoms with Crippen molar-refractivity contribution in [1.29, 1.82) is 0 Å². The van der Waals surface area contributed by atoms with Crippen LogP contribution in [0.25, 0.3) is 11.2 Å². The Bertz CT molecular complexity index is 1850. The highest BCUT2D eigenvalue weighted by atomic mass is 16.7. The normalized spacial score (nSPS) is 15.2. The molecule has 1 atom stereocenters. The Morgan fingerprint density at radius 1 is 1.02 bits per heavy atom. The number of carbonyl (C=O) groups excluding carboxylic acids is 2. The van der Waals surface area contributed by atoms with E-state index < -0.39 is 23.2 Å². The molecule has 0 unspecified atom stereocenters. The van der Waals surface area contributed by atoms with Crippen molar-refractivity contribution in [3.05, 3.63) is 80.8 Å². The fourth-order valence-corrected chi connectivity index (χ4v) is 6.10. The van der Waals surface area contributed by atoms with E-state index in [1.807, 2.05) is 6.07 Å². The van der Waals surface area contributed by atoms with Gasteiger partial charge in [-0.05, 0) is 48.2 Å². The lowest BCUT2D eigenvalue weighted by Crippen LogP contribution is -2.47. The van der Waals surface area contributed by atoms with Crippen LogP contribution >= 0.6 is 0 Å². The van der Waals surface area contributed by atoms with Crippen LogP contribution in [0.15, 0.2) is 58.4 Å². The Balaban J connectivity index is 1.42. The van der Waals surface area contributed by atoms with Gasteiger partial charge in [0.25, 0.3) is 5.56 Å². The molecule has 236 valence electrons. The molecule has 0 bridgehead atoms. The Labute approximate surface area is 258 Å². The van der Waals surface area contributed by atoms with E-state index in [1.54, 1.807) is 43.5 Å². The molecule has 3 heterocycles. The lowest BCUT2D eigenvalue weighted by Gasteiger charge is -2.33. The summed E-state index contributed by atoms with van der Waals surface area (Å²) in [6.07, 6.45) is 6.31. The molecule has 0 saturated heterocycles. The zero-order valence-corrected chi connectivity index (χ0v) is 25.5. The predicted molar refractivity (Wildman–Crippen MR) is 164 cm³/mol. The Morgan fingerprint density at radius 3 is 2.49 bits per heavy atom. The number of rotatable bonds is 9. The van der Waals surface area contributed by atoms with Gasteiger partial charge in [0.1, 0.15) is 18.3 Å². The van der Waals surface area contributed by atoms with E-state index in [0.717, 1.165) is 42.2 Å². The number of benzene rings is 2. The maximum absolute atomic E-state index is 14.4. The molecule has 2 aliphatic rings. The van der Waals surface area contributed by atoms with Crippen LogP contribution in [0.3, 0.4) is 0 Å². The molecule has 45 heavy (non-hydrogen) atoms. The number of nitrogens with zero attached hydrogens (tertiary/aromatic N) is 5. The number of ether oxygens (including phenoxy) is 3. The van der Waals surface area contributed by atoms with Crippen LogP contribution in [0.1, 0.15) is 49.3 Å². The third-order valence-corrected chi connectivity index (χ3v) is 8.58. The van der Waals surface area contributed by atoms with E-state index in [9.17, 15) is 19.2 Å². The van der Waals surface area contributed by atoms with Gasteiger partial charge in [-0.25, -0.2) is 9.78 Å². The van der Waals surface area contributed by atoms with Gasteiger partial charge in [-0.1, -0.05) is 37.5 Å². The van der Waals surface area contributed by atoms with Crippen molar-refractivity contribution in [1.82, 2.24) is 28.9 Å². The largest absolute Gasteiger partial charge is 0.497 e. The predicted octanol–water partition coefficient (Wildman–Crippen LogP) is 2.39. The molecule has 2 amide bonds. The van der Waals surface area contributed by atoms with Crippen molar-refractivity contribution in [3.8, 4) is 17.2 Å². The summed E-state index contributed by atoms with van der Waals surface area (Å²) in [4.78, 5) is 60.0. The first-order valence-electron chi connectivity index (χ1n) is 15.0. The van der Waals surface area contributed by atoms with Gasteiger partial charge >= 0.3 is 5.69 Å². The number of carbonyl (C=O) groups is 2. The first kappa shape index (κ1) is 30.0. The molecule has 1 aliphatic heterocycles. The van der Waals surface area contributed by atoms with Gasteiger partial charge in [0.2, 0.25) is 18.6 Å². The number of imidazole rings is 1. The average molecular weight is 617 g/mol. The summed E-state index contributed by atoms with van der Waals surface area (Å²) in [6, 6.07) is 11.5. The van der Waals surface area contributed by atoms with Gasteiger partial charge in [-0.2, -0.15) is 0 Å². The second-order valence-corrected chi connectivity index (χ2v) is 11.5. The molecule has 1 aliphatic carbocycles. The molecule has 1 fully saturated rings. The summed E-state index contributed by atoms with van der Waals surface area (Å²) in [7, 11) is 4.46. The van der Waals surface area contributed by atoms with Crippen LogP contribution in [0.2, 0.25) is 0 Å². The van der Waals surface area contributed by atoms with Crippen molar-refractivity contribution in [2.24, 2.45) is 14.1 Å². The Hall–Kier alpha value is -5.07. The smallest absolute Gasteiger partial charge is 0.332 e. The third-order valence-electron chi connectivity index (χ3n) is 8.58. The zero-order valence-electron chi connectivity index (χ0n) is 25.5. The minimum Gasteiger partial charge on any atom is -0.497 e. The molecule has 13 nitrogen and oxygen atoms in total. The maximum Gasteiger partial charge on any atom is 0.332 e. The molecule has 2 aromatic heterocycles. The summed E-state index contributed by atoms with van der Waals surface area (Å²) in [5.74, 6) is 1.05. The monoisotopic (exact) mass is 616 g/mol. The van der Waals surface area contributed by atoms with E-state index in [0.29, 0.717) is 22.8 Å². The van der Waals surface area contributed by atoms with E-state index in [2.05, 4.69) is 10.3 Å². The second-order valence-electron chi connectivity index (χ2n) is 11.5. The van der Waals surface area contributed by atoms with Crippen molar-refractivity contribution in [3.63, 3.8) is 0 Å². The number of aryl methyl sites for hydroxylation is 1. The van der Waals surface area contributed by atoms with Crippen LogP contribution in [0, 0.1) is 0 Å². The van der Waals surface area contributed by atoms with Gasteiger partial charge in [0, 0.05) is 26.7 Å². The maximum atomic E-state index is 14.4. The van der Waals surface area contributed by atoms with Gasteiger partial charge in [-0.3, -0.25) is 23.5 Å². The zero-order chi connectivity index (χ0) is 31.7. The van der Waals surface area contributed by atoms with E-state index in [-0.39, 0.29) is 43.0 Å². The molecule has 4 aromatic rings. The van der Waals surface area contributed by atoms with E-state index in [1.165, 1.54) is 34.5 Å². The first-order chi connectivity index (χ1) is 21.7. The van der Waals surface area contributed by atoms with Gasteiger partial charge in [-0.15, -0.1) is 0 Å². The molecular formula is C32H36N6O7. The van der Waals surface area contributed by atoms with Crippen LogP contribution < -0.4 is 30.8 Å². The fourth-order valence-electron chi connectivity index (χ4n) is 6.10. The lowest BCUT2D eigenvalue weighted by atomic mass is 9.94. The molecule has 0 radical (unpaired) electrons. The quantitative estimate of drug-likeness (QED) is 0.303. The van der Waals surface area contributed by atoms with Crippen LogP contribution in [-0.4, -0.2) is 55.3 Å². The lowest BCUT2D eigenvalue weighted by molar-refractivity contribution is -0.142. The molecule has 2 aromatic carbocycles. The van der Waals surface area contributed by atoms with Crippen LogP contribution in [0.5, 0.6) is 17.2 Å². The number of hydrogen-bond acceptors (Lipinski definition) is 8. The van der Waals surface area contributed by atoms with Crippen LogP contribution in [0.4, 0.5) is 0 Å². The third kappa shape index (κ3) is 5.89. The minimum atomic E-state index is -1.00. The fraction of sp³-hybridized carbons (Fsp3) is 0.406. The van der Waals surface area contributed by atoms with Crippen molar-refractivity contribution in [2.75, 3.05) is 13.9 Å². The van der Waals surface area contributed by atoms with Gasteiger partial charge in [0.15, 0.2) is 22.7 Å². The van der Waals surface area contributed by atoms with E-state index >= 15 is 0 Å². The molecule has 13 heteroatoms. The van der Waals surface area contributed by atoms with Crippen molar-refractivity contribution < 1.29 is 23.8 Å². The summed E-state index contributed by atoms with van der Waals surface area (Å²) in [5, 5.41) is 3.21. The molecular weight excluding hydrogens is 580 g/mol. The summed E-state index contributed by atoms with van der Waals surface area (Å²) < 4.78 is 20.1. The molecule has 0 spiro atoms. The summed E-state index contributed by atoms with van der Waals surface area (Å²) in [6.45, 7) is -0.129. The topological polar surface area (TPSA) is 139 Å². The summed E-state index contributed by atoms with van der Waals surface area (Å²) in [5.41, 5.74) is 0.524. The van der Waals surface area contributed by atoms with Crippen molar-refractivity contribution >= 4 is 23.0 Å². The van der Waals surface area contributed by atoms with Crippen LogP contribution in [-0.2, 0) is 36.8 Å². The summed E-state index contributed by atoms with van der Waals surface area (Å²) >= 11 is 0. The highest BCUT2D eigenvalue weighted by Gasteiger charge is 2.34. The average Bonchev–Trinajstić information content (AvgIpc) is 3.70. The van der Waals surface area contributed by atoms with Gasteiger partial charge < -0.3 is 29.0 Å². The SMILES string of the molecule is COc1ccc([C@@H](C(=O)NC2CCCCC2)N(Cc2ccc3c(c2)OCO3)C(=O)Cn2cnc3c2c(=O)n(C)c(=O)n3C)cc1. The highest BCUT2D eigenvalue weighted by Crippen LogP contribution is 2.34. The number of fused-ring (bicyclic) bond motifs is 2. The number of hydrogen-bond donors (Lipinski definition) is 1. The van der Waals surface area contributed by atoms with Gasteiger partial charge in [0.05, 0.1) is 13.4 Å². The molecule has 1 N–H and O–H groups in total. The second kappa shape index (κ2) is 12.5. The first-order valence-corrected chi connectivity index (χ1v) is 15.0. The Morgan fingerprint density at radius 2 is 1.76 bits per heavy atom. The molecule has 1 saturated carbocycles. The number of nitrogens with one attached hydrogen (secondary N) is 1. The number of amides is 2. The van der Waals surface area contributed by atoms with Crippen molar-refractivity contribution in [2.45, 2.75) is 57.3 Å². The minimum absolute atomic E-state index is 0.0106. The Kier molecular flexibility index (Phi) is 8.33. The highest BCUT2D eigenvalue weighted by molar-refractivity contribution is 5.89. The number of methoxy groups -OCH3 is 1. The standard InChI is InChI=1S/C32H36N6O7/c1-35-29-28(31(41)36(2)32(35)42)37(18-33-29)17-26(39)38(16-20-9-14-24-25(15-20)45-19-44-24)27(21-10-12-23(43-3)13-11-21)30(40)34-22-7-5-4-6-8-22/h9-15,18,22,27H,4-8,16-17,19H2,1-3H3,(H,34,40)/t27-/m0/s1. The number of aromatic nitrogens is 4.